The van der Waals surface area contributed by atoms with Gasteiger partial charge in [-0.05, 0) is 61.4 Å². The van der Waals surface area contributed by atoms with Crippen LogP contribution in [0.25, 0.3) is 5.57 Å². The number of carbonyl (C=O) groups excluding carboxylic acids is 1. The van der Waals surface area contributed by atoms with E-state index in [0.717, 1.165) is 38.8 Å². The van der Waals surface area contributed by atoms with Crippen molar-refractivity contribution in [3.05, 3.63) is 103 Å². The summed E-state index contributed by atoms with van der Waals surface area (Å²) in [6.07, 6.45) is 6.74. The quantitative estimate of drug-likeness (QED) is 0.392. The maximum absolute atomic E-state index is 13.5. The average Bonchev–Trinajstić information content (AvgIpc) is 2.93. The molecule has 4 rings (SSSR count). The monoisotopic (exact) mass is 502 g/mol. The van der Waals surface area contributed by atoms with Crippen molar-refractivity contribution < 1.29 is 4.79 Å². The first kappa shape index (κ1) is 25.7. The van der Waals surface area contributed by atoms with Gasteiger partial charge in [-0.1, -0.05) is 55.0 Å². The number of benzene rings is 2. The molecule has 0 spiro atoms. The van der Waals surface area contributed by atoms with Crippen molar-refractivity contribution in [2.75, 3.05) is 5.84 Å². The summed E-state index contributed by atoms with van der Waals surface area (Å²) in [7, 11) is 0. The predicted molar refractivity (Wildman–Crippen MR) is 141 cm³/mol. The molecule has 1 aromatic heterocycles. The summed E-state index contributed by atoms with van der Waals surface area (Å²) >= 11 is 0. The van der Waals surface area contributed by atoms with E-state index in [1.807, 2.05) is 55.5 Å². The van der Waals surface area contributed by atoms with Crippen LogP contribution in [0.3, 0.4) is 0 Å². The molecule has 2 aromatic carbocycles. The number of hydrogen-bond donors (Lipinski definition) is 1. The Kier molecular flexibility index (Phi) is 7.76. The Morgan fingerprint density at radius 3 is 2.32 bits per heavy atom. The lowest BCUT2D eigenvalue weighted by molar-refractivity contribution is -0.121. The van der Waals surface area contributed by atoms with Gasteiger partial charge in [-0.15, -0.1) is 4.91 Å². The molecule has 0 saturated heterocycles. The lowest BCUT2D eigenvalue weighted by Crippen LogP contribution is -2.58. The standard InChI is InChI=1S/C27H30N6O4/c1-18-8-10-20(11-9-18)17-31-25(29-23-14-12-22(13-15-23)21-6-4-3-5-7-21)33(28)27(36)32(26(31)35)16-19(2)24(34)30-37/h6,8-15,19H,3-5,7,16-17,28H2,1-2H3/t19-/m0/s1. The number of allylic oxidation sites excluding steroid dienone is 2. The number of aromatic nitrogens is 3. The number of nitrogens with zero attached hydrogens (tertiary/aromatic N) is 5. The fourth-order valence-electron chi connectivity index (χ4n) is 4.35. The topological polar surface area (TPSA) is 134 Å². The largest absolute Gasteiger partial charge is 0.353 e. The van der Waals surface area contributed by atoms with Crippen molar-refractivity contribution in [1.82, 2.24) is 13.8 Å². The first-order valence-electron chi connectivity index (χ1n) is 12.3. The molecule has 1 aliphatic carbocycles. The molecule has 1 atom stereocenters. The van der Waals surface area contributed by atoms with Gasteiger partial charge in [0.25, 0.3) is 5.91 Å². The lowest BCUT2D eigenvalue weighted by atomic mass is 9.94. The Morgan fingerprint density at radius 2 is 1.70 bits per heavy atom. The molecule has 1 heterocycles. The third-order valence-electron chi connectivity index (χ3n) is 6.54. The second-order valence-electron chi connectivity index (χ2n) is 9.38. The minimum atomic E-state index is -0.972. The second-order valence-corrected chi connectivity index (χ2v) is 9.38. The second kappa shape index (κ2) is 11.2. The smallest absolute Gasteiger partial charge is 0.332 e. The van der Waals surface area contributed by atoms with E-state index in [0.29, 0.717) is 5.69 Å². The van der Waals surface area contributed by atoms with E-state index in [9.17, 15) is 19.3 Å². The molecule has 2 N–H and O–H groups in total. The molecule has 37 heavy (non-hydrogen) atoms. The van der Waals surface area contributed by atoms with Crippen LogP contribution in [0.5, 0.6) is 0 Å². The van der Waals surface area contributed by atoms with Crippen molar-refractivity contribution in [1.29, 1.82) is 0 Å². The van der Waals surface area contributed by atoms with Crippen LogP contribution in [-0.4, -0.2) is 19.7 Å². The molecule has 0 unspecified atom stereocenters. The molecule has 1 amide bonds. The zero-order chi connectivity index (χ0) is 26.5. The van der Waals surface area contributed by atoms with E-state index < -0.39 is 23.2 Å². The number of nitroso groups, excluding NO2 is 1. The molecule has 0 fully saturated rings. The molecule has 0 saturated carbocycles. The van der Waals surface area contributed by atoms with E-state index in [1.165, 1.54) is 29.9 Å². The van der Waals surface area contributed by atoms with Crippen LogP contribution in [-0.2, 0) is 17.9 Å². The van der Waals surface area contributed by atoms with E-state index in [1.54, 1.807) is 0 Å². The van der Waals surface area contributed by atoms with E-state index in [-0.39, 0.29) is 18.7 Å². The zero-order valence-corrected chi connectivity index (χ0v) is 21.0. The summed E-state index contributed by atoms with van der Waals surface area (Å²) in [5.41, 5.74) is 3.23. The summed E-state index contributed by atoms with van der Waals surface area (Å²) in [5.74, 6) is 4.23. The van der Waals surface area contributed by atoms with E-state index >= 15 is 0 Å². The van der Waals surface area contributed by atoms with Crippen LogP contribution < -0.4 is 22.8 Å². The van der Waals surface area contributed by atoms with Gasteiger partial charge in [-0.3, -0.25) is 9.36 Å². The molecule has 10 heteroatoms. The molecule has 192 valence electrons. The van der Waals surface area contributed by atoms with E-state index in [2.05, 4.69) is 16.2 Å². The lowest BCUT2D eigenvalue weighted by Gasteiger charge is -2.15. The third kappa shape index (κ3) is 5.74. The maximum atomic E-state index is 13.5. The Morgan fingerprint density at radius 1 is 1.00 bits per heavy atom. The summed E-state index contributed by atoms with van der Waals surface area (Å²) in [4.78, 5) is 53.5. The molecule has 10 nitrogen and oxygen atoms in total. The SMILES string of the molecule is Cc1ccc(Cn2c(=Nc3ccc(C4=CCCCC4)cc3)n(N)c(=O)n(C[C@H](C)C(=O)N=O)c2=O)cc1. The van der Waals surface area contributed by atoms with Crippen LogP contribution in [0.15, 0.2) is 74.4 Å². The van der Waals surface area contributed by atoms with Crippen LogP contribution >= 0.6 is 0 Å². The number of rotatable bonds is 7. The number of carbonyl (C=O) groups is 1. The molecule has 1 aliphatic rings. The van der Waals surface area contributed by atoms with Crippen molar-refractivity contribution in [3.63, 3.8) is 0 Å². The number of hydrogen-bond acceptors (Lipinski definition) is 6. The molecule has 3 aromatic rings. The van der Waals surface area contributed by atoms with Gasteiger partial charge in [0.2, 0.25) is 5.62 Å². The summed E-state index contributed by atoms with van der Waals surface area (Å²) < 4.78 is 2.91. The third-order valence-corrected chi connectivity index (χ3v) is 6.54. The van der Waals surface area contributed by atoms with Gasteiger partial charge in [0, 0.05) is 11.7 Å². The van der Waals surface area contributed by atoms with Crippen molar-refractivity contribution in [2.24, 2.45) is 16.1 Å². The molecule has 0 radical (unpaired) electrons. The minimum Gasteiger partial charge on any atom is -0.332 e. The Bertz CT molecular complexity index is 1530. The van der Waals surface area contributed by atoms with Crippen LogP contribution in [0.4, 0.5) is 5.69 Å². The van der Waals surface area contributed by atoms with Crippen LogP contribution in [0, 0.1) is 17.7 Å². The molecular weight excluding hydrogens is 472 g/mol. The average molecular weight is 503 g/mol. The maximum Gasteiger partial charge on any atom is 0.353 e. The molecular formula is C27H30N6O4. The number of nitrogen functional groups attached to an aromatic ring is 1. The fourth-order valence-corrected chi connectivity index (χ4v) is 4.35. The van der Waals surface area contributed by atoms with Gasteiger partial charge in [0.1, 0.15) is 0 Å². The van der Waals surface area contributed by atoms with Gasteiger partial charge in [-0.25, -0.2) is 19.1 Å². The zero-order valence-electron chi connectivity index (χ0n) is 21.0. The number of aryl methyl sites for hydroxylation is 1. The first-order valence-corrected chi connectivity index (χ1v) is 12.3. The van der Waals surface area contributed by atoms with Gasteiger partial charge < -0.3 is 5.84 Å². The van der Waals surface area contributed by atoms with Gasteiger partial charge in [0.15, 0.2) is 0 Å². The van der Waals surface area contributed by atoms with Gasteiger partial charge in [0.05, 0.1) is 18.2 Å². The summed E-state index contributed by atoms with van der Waals surface area (Å²) in [5, 5.41) is 2.41. The Hall–Kier alpha value is -4.34. The highest BCUT2D eigenvalue weighted by Crippen LogP contribution is 2.27. The predicted octanol–water partition coefficient (Wildman–Crippen LogP) is 3.00. The first-order chi connectivity index (χ1) is 17.8. The highest BCUT2D eigenvalue weighted by atomic mass is 16.3. The van der Waals surface area contributed by atoms with Crippen molar-refractivity contribution in [2.45, 2.75) is 52.6 Å². The Balaban J connectivity index is 1.84. The summed E-state index contributed by atoms with van der Waals surface area (Å²) in [6.45, 7) is 3.13. The molecule has 0 aliphatic heterocycles. The van der Waals surface area contributed by atoms with Gasteiger partial charge in [-0.2, -0.15) is 4.68 Å². The fraction of sp³-hybridized carbons (Fsp3) is 0.333. The van der Waals surface area contributed by atoms with Crippen LogP contribution in [0.1, 0.15) is 49.3 Å². The minimum absolute atomic E-state index is 0.0380. The molecule has 0 bridgehead atoms. The number of nitrogens with two attached hydrogens (primary N) is 1. The van der Waals surface area contributed by atoms with E-state index in [4.69, 9.17) is 5.84 Å². The highest BCUT2D eigenvalue weighted by molar-refractivity contribution is 5.78. The Labute approximate surface area is 213 Å². The van der Waals surface area contributed by atoms with Crippen molar-refractivity contribution in [3.8, 4) is 0 Å². The van der Waals surface area contributed by atoms with Crippen LogP contribution in [0.2, 0.25) is 0 Å². The van der Waals surface area contributed by atoms with Crippen molar-refractivity contribution >= 4 is 17.2 Å². The van der Waals surface area contributed by atoms with Gasteiger partial charge >= 0.3 is 11.4 Å². The summed E-state index contributed by atoms with van der Waals surface area (Å²) in [6, 6.07) is 15.2. The number of amides is 1. The normalized spacial score (nSPS) is 14.8. The highest BCUT2D eigenvalue weighted by Gasteiger charge is 2.20.